The Morgan fingerprint density at radius 2 is 2.18 bits per heavy atom. The molecular weight excluding hydrogens is 239 g/mol. The molecule has 1 amide bonds. The van der Waals surface area contributed by atoms with Gasteiger partial charge in [0, 0.05) is 5.38 Å². The quantitative estimate of drug-likeness (QED) is 0.889. The first-order valence-corrected chi connectivity index (χ1v) is 5.94. The second-order valence-electron chi connectivity index (χ2n) is 3.68. The van der Waals surface area contributed by atoms with Gasteiger partial charge in [0.05, 0.1) is 11.3 Å². The number of rotatable bonds is 2. The summed E-state index contributed by atoms with van der Waals surface area (Å²) in [5, 5.41) is 4.88. The minimum absolute atomic E-state index is 0.0397. The number of anilines is 1. The van der Waals surface area contributed by atoms with Crippen LogP contribution < -0.4 is 5.32 Å². The summed E-state index contributed by atoms with van der Waals surface area (Å²) in [4.78, 5) is 15.9. The van der Waals surface area contributed by atoms with Crippen molar-refractivity contribution in [2.75, 3.05) is 5.32 Å². The van der Waals surface area contributed by atoms with Gasteiger partial charge in [0.25, 0.3) is 5.91 Å². The van der Waals surface area contributed by atoms with Crippen LogP contribution in [0.5, 0.6) is 0 Å². The maximum Gasteiger partial charge on any atom is 0.260 e. The SMILES string of the molecule is Cc1csc(NC(=O)c2cccc(C)c2F)n1. The highest BCUT2D eigenvalue weighted by atomic mass is 32.1. The summed E-state index contributed by atoms with van der Waals surface area (Å²) in [5.74, 6) is -0.959. The van der Waals surface area contributed by atoms with Gasteiger partial charge in [-0.2, -0.15) is 0 Å². The van der Waals surface area contributed by atoms with E-state index in [0.29, 0.717) is 10.7 Å². The van der Waals surface area contributed by atoms with Crippen LogP contribution in [0.4, 0.5) is 9.52 Å². The highest BCUT2D eigenvalue weighted by molar-refractivity contribution is 7.13. The molecule has 0 radical (unpaired) electrons. The molecule has 2 rings (SSSR count). The van der Waals surface area contributed by atoms with Gasteiger partial charge >= 0.3 is 0 Å². The smallest absolute Gasteiger partial charge is 0.260 e. The molecule has 0 saturated carbocycles. The van der Waals surface area contributed by atoms with Gasteiger partial charge < -0.3 is 0 Å². The number of hydrogen-bond donors (Lipinski definition) is 1. The Morgan fingerprint density at radius 3 is 2.82 bits per heavy atom. The van der Waals surface area contributed by atoms with Gasteiger partial charge in [-0.05, 0) is 25.5 Å². The fourth-order valence-corrected chi connectivity index (χ4v) is 2.08. The molecule has 0 atom stereocenters. The Bertz CT molecular complexity index is 565. The standard InChI is InChI=1S/C12H11FN2OS/c1-7-4-3-5-9(10(7)13)11(16)15-12-14-8(2)6-17-12/h3-6H,1-2H3,(H,14,15,16). The lowest BCUT2D eigenvalue weighted by atomic mass is 10.1. The van der Waals surface area contributed by atoms with E-state index in [-0.39, 0.29) is 5.56 Å². The molecular formula is C12H11FN2OS. The van der Waals surface area contributed by atoms with Gasteiger partial charge in [-0.25, -0.2) is 9.37 Å². The number of aromatic nitrogens is 1. The van der Waals surface area contributed by atoms with Crippen LogP contribution in [0, 0.1) is 19.7 Å². The number of halogens is 1. The topological polar surface area (TPSA) is 42.0 Å². The fraction of sp³-hybridized carbons (Fsp3) is 0.167. The second-order valence-corrected chi connectivity index (χ2v) is 4.54. The summed E-state index contributed by atoms with van der Waals surface area (Å²) >= 11 is 1.32. The van der Waals surface area contributed by atoms with Crippen molar-refractivity contribution in [1.29, 1.82) is 0 Å². The molecule has 1 aromatic carbocycles. The van der Waals surface area contributed by atoms with Crippen molar-refractivity contribution >= 4 is 22.4 Å². The van der Waals surface area contributed by atoms with Crippen molar-refractivity contribution in [1.82, 2.24) is 4.98 Å². The third-order valence-corrected chi connectivity index (χ3v) is 3.15. The molecule has 0 aliphatic heterocycles. The third-order valence-electron chi connectivity index (χ3n) is 2.28. The highest BCUT2D eigenvalue weighted by Gasteiger charge is 2.14. The number of benzene rings is 1. The predicted molar refractivity (Wildman–Crippen MR) is 65.9 cm³/mol. The van der Waals surface area contributed by atoms with Crippen molar-refractivity contribution in [3.63, 3.8) is 0 Å². The van der Waals surface area contributed by atoms with Gasteiger partial charge in [-0.15, -0.1) is 11.3 Å². The molecule has 5 heteroatoms. The molecule has 17 heavy (non-hydrogen) atoms. The number of thiazole rings is 1. The summed E-state index contributed by atoms with van der Waals surface area (Å²) in [5.41, 5.74) is 1.32. The summed E-state index contributed by atoms with van der Waals surface area (Å²) in [6.45, 7) is 3.46. The minimum Gasteiger partial charge on any atom is -0.298 e. The summed E-state index contributed by atoms with van der Waals surface area (Å²) < 4.78 is 13.7. The molecule has 0 bridgehead atoms. The molecule has 0 spiro atoms. The van der Waals surface area contributed by atoms with E-state index in [1.54, 1.807) is 19.1 Å². The largest absolute Gasteiger partial charge is 0.298 e. The van der Waals surface area contributed by atoms with E-state index in [9.17, 15) is 9.18 Å². The molecule has 0 saturated heterocycles. The Kier molecular flexibility index (Phi) is 3.19. The molecule has 1 aromatic heterocycles. The molecule has 0 fully saturated rings. The van der Waals surface area contributed by atoms with E-state index in [1.165, 1.54) is 17.4 Å². The van der Waals surface area contributed by atoms with Crippen LogP contribution in [-0.4, -0.2) is 10.9 Å². The van der Waals surface area contributed by atoms with Crippen molar-refractivity contribution in [2.45, 2.75) is 13.8 Å². The molecule has 0 aliphatic rings. The number of nitrogens with one attached hydrogen (secondary N) is 1. The van der Waals surface area contributed by atoms with Crippen molar-refractivity contribution in [3.05, 3.63) is 46.2 Å². The zero-order chi connectivity index (χ0) is 12.4. The van der Waals surface area contributed by atoms with Crippen LogP contribution in [0.15, 0.2) is 23.6 Å². The first-order valence-electron chi connectivity index (χ1n) is 5.06. The van der Waals surface area contributed by atoms with Crippen LogP contribution in [0.3, 0.4) is 0 Å². The Morgan fingerprint density at radius 1 is 1.41 bits per heavy atom. The number of carbonyl (C=O) groups is 1. The van der Waals surface area contributed by atoms with E-state index in [4.69, 9.17) is 0 Å². The van der Waals surface area contributed by atoms with Crippen molar-refractivity contribution in [2.24, 2.45) is 0 Å². The summed E-state index contributed by atoms with van der Waals surface area (Å²) in [6, 6.07) is 4.73. The van der Waals surface area contributed by atoms with Crippen LogP contribution in [0.1, 0.15) is 21.6 Å². The van der Waals surface area contributed by atoms with E-state index >= 15 is 0 Å². The Balaban J connectivity index is 2.23. The van der Waals surface area contributed by atoms with Crippen LogP contribution in [0.25, 0.3) is 0 Å². The number of nitrogens with zero attached hydrogens (tertiary/aromatic N) is 1. The minimum atomic E-state index is -0.488. The van der Waals surface area contributed by atoms with Gasteiger partial charge in [0.1, 0.15) is 5.82 Å². The van der Waals surface area contributed by atoms with Gasteiger partial charge in [-0.1, -0.05) is 12.1 Å². The lowest BCUT2D eigenvalue weighted by Gasteiger charge is -2.04. The molecule has 1 N–H and O–H groups in total. The van der Waals surface area contributed by atoms with Crippen LogP contribution in [-0.2, 0) is 0 Å². The average molecular weight is 250 g/mol. The van der Waals surface area contributed by atoms with Gasteiger partial charge in [0.2, 0.25) is 0 Å². The zero-order valence-corrected chi connectivity index (χ0v) is 10.3. The van der Waals surface area contributed by atoms with E-state index in [1.807, 2.05) is 12.3 Å². The fourth-order valence-electron chi connectivity index (χ4n) is 1.40. The maximum atomic E-state index is 13.7. The first-order chi connectivity index (χ1) is 8.08. The normalized spacial score (nSPS) is 10.3. The third kappa shape index (κ3) is 2.50. The lowest BCUT2D eigenvalue weighted by Crippen LogP contribution is -2.14. The molecule has 2 aromatic rings. The number of aryl methyl sites for hydroxylation is 2. The first kappa shape index (κ1) is 11.7. The van der Waals surface area contributed by atoms with E-state index in [0.717, 1.165) is 5.69 Å². The van der Waals surface area contributed by atoms with Crippen LogP contribution in [0.2, 0.25) is 0 Å². The van der Waals surface area contributed by atoms with Crippen molar-refractivity contribution < 1.29 is 9.18 Å². The highest BCUT2D eigenvalue weighted by Crippen LogP contribution is 2.17. The van der Waals surface area contributed by atoms with Crippen molar-refractivity contribution in [3.8, 4) is 0 Å². The Hall–Kier alpha value is -1.75. The molecule has 88 valence electrons. The molecule has 0 aliphatic carbocycles. The Labute approximate surface area is 102 Å². The number of hydrogen-bond acceptors (Lipinski definition) is 3. The second kappa shape index (κ2) is 4.63. The molecule has 0 unspecified atom stereocenters. The lowest BCUT2D eigenvalue weighted by molar-refractivity contribution is 0.102. The van der Waals surface area contributed by atoms with E-state index in [2.05, 4.69) is 10.3 Å². The number of carbonyl (C=O) groups excluding carboxylic acids is 1. The zero-order valence-electron chi connectivity index (χ0n) is 9.45. The van der Waals surface area contributed by atoms with Gasteiger partial charge in [-0.3, -0.25) is 10.1 Å². The summed E-state index contributed by atoms with van der Waals surface area (Å²) in [6.07, 6.45) is 0. The number of amides is 1. The maximum absolute atomic E-state index is 13.7. The monoisotopic (exact) mass is 250 g/mol. The van der Waals surface area contributed by atoms with E-state index < -0.39 is 11.7 Å². The predicted octanol–water partition coefficient (Wildman–Crippen LogP) is 3.15. The molecule has 1 heterocycles. The molecule has 3 nitrogen and oxygen atoms in total. The summed E-state index contributed by atoms with van der Waals surface area (Å²) in [7, 11) is 0. The average Bonchev–Trinajstić information content (AvgIpc) is 2.68. The van der Waals surface area contributed by atoms with Gasteiger partial charge in [0.15, 0.2) is 5.13 Å². The van der Waals surface area contributed by atoms with Crippen LogP contribution >= 0.6 is 11.3 Å².